The lowest BCUT2D eigenvalue weighted by Crippen LogP contribution is -2.42. The van der Waals surface area contributed by atoms with Crippen molar-refractivity contribution in [3.8, 4) is 0 Å². The van der Waals surface area contributed by atoms with Gasteiger partial charge < -0.3 is 20.9 Å². The first-order chi connectivity index (χ1) is 8.99. The lowest BCUT2D eigenvalue weighted by atomic mass is 10.0. The molecule has 0 spiro atoms. The number of nitrogens with one attached hydrogen (secondary N) is 1. The fourth-order valence-electron chi connectivity index (χ4n) is 2.01. The van der Waals surface area contributed by atoms with E-state index in [0.29, 0.717) is 11.3 Å². The van der Waals surface area contributed by atoms with Crippen LogP contribution in [0.5, 0.6) is 0 Å². The van der Waals surface area contributed by atoms with E-state index in [9.17, 15) is 9.59 Å². The predicted octanol–water partition coefficient (Wildman–Crippen LogP) is 0.407. The summed E-state index contributed by atoms with van der Waals surface area (Å²) >= 11 is 0. The molecule has 1 fully saturated rings. The molecule has 0 saturated carbocycles. The van der Waals surface area contributed by atoms with E-state index in [1.165, 1.54) is 0 Å². The van der Waals surface area contributed by atoms with Crippen LogP contribution in [0.1, 0.15) is 15.9 Å². The van der Waals surface area contributed by atoms with Crippen molar-refractivity contribution in [2.24, 2.45) is 5.92 Å². The summed E-state index contributed by atoms with van der Waals surface area (Å²) in [5, 5.41) is 11.7. The van der Waals surface area contributed by atoms with Crippen molar-refractivity contribution in [3.63, 3.8) is 0 Å². The summed E-state index contributed by atoms with van der Waals surface area (Å²) in [4.78, 5) is 23.0. The number of rotatable bonds is 3. The molecule has 2 unspecified atom stereocenters. The second kappa shape index (κ2) is 5.27. The number of hydrogen-bond acceptors (Lipinski definition) is 4. The Balaban J connectivity index is 2.08. The van der Waals surface area contributed by atoms with Crippen molar-refractivity contribution in [1.29, 1.82) is 0 Å². The van der Waals surface area contributed by atoms with Crippen molar-refractivity contribution in [3.05, 3.63) is 29.3 Å². The zero-order chi connectivity index (χ0) is 14.0. The zero-order valence-electron chi connectivity index (χ0n) is 10.6. The molecule has 2 rings (SSSR count). The van der Waals surface area contributed by atoms with Gasteiger partial charge in [-0.05, 0) is 30.7 Å². The second-order valence-electron chi connectivity index (χ2n) is 4.63. The second-order valence-corrected chi connectivity index (χ2v) is 4.63. The van der Waals surface area contributed by atoms with E-state index in [1.54, 1.807) is 18.2 Å². The summed E-state index contributed by atoms with van der Waals surface area (Å²) in [7, 11) is 0. The molecule has 1 aromatic rings. The first-order valence-corrected chi connectivity index (χ1v) is 5.96. The molecule has 102 valence electrons. The van der Waals surface area contributed by atoms with Crippen LogP contribution in [-0.2, 0) is 9.53 Å². The number of anilines is 1. The third-order valence-corrected chi connectivity index (χ3v) is 3.25. The van der Waals surface area contributed by atoms with E-state index in [-0.39, 0.29) is 19.1 Å². The van der Waals surface area contributed by atoms with Gasteiger partial charge >= 0.3 is 5.97 Å². The Bertz CT molecular complexity index is 515. The van der Waals surface area contributed by atoms with Crippen molar-refractivity contribution in [2.75, 3.05) is 18.9 Å². The number of ether oxygens (including phenoxy) is 1. The third kappa shape index (κ3) is 2.85. The highest BCUT2D eigenvalue weighted by molar-refractivity contribution is 5.95. The van der Waals surface area contributed by atoms with E-state index >= 15 is 0 Å². The molecule has 0 bridgehead atoms. The van der Waals surface area contributed by atoms with Gasteiger partial charge in [0.15, 0.2) is 0 Å². The Hall–Kier alpha value is -2.08. The molecule has 1 heterocycles. The number of benzene rings is 1. The highest BCUT2D eigenvalue weighted by Gasteiger charge is 2.35. The number of carbonyl (C=O) groups excluding carboxylic acids is 1. The van der Waals surface area contributed by atoms with Crippen LogP contribution in [0, 0.1) is 12.8 Å². The average molecular weight is 264 g/mol. The molecule has 1 saturated heterocycles. The van der Waals surface area contributed by atoms with E-state index in [1.807, 2.05) is 6.92 Å². The largest absolute Gasteiger partial charge is 0.481 e. The molecule has 1 aliphatic heterocycles. The minimum Gasteiger partial charge on any atom is -0.481 e. The molecule has 1 aromatic carbocycles. The van der Waals surface area contributed by atoms with Crippen LogP contribution in [-0.4, -0.2) is 36.2 Å². The van der Waals surface area contributed by atoms with Gasteiger partial charge in [-0.25, -0.2) is 0 Å². The van der Waals surface area contributed by atoms with Gasteiger partial charge in [0.1, 0.15) is 5.92 Å². The molecule has 6 heteroatoms. The Morgan fingerprint density at radius 3 is 2.79 bits per heavy atom. The van der Waals surface area contributed by atoms with Crippen molar-refractivity contribution in [2.45, 2.75) is 13.0 Å². The number of aryl methyl sites for hydroxylation is 1. The van der Waals surface area contributed by atoms with E-state index in [4.69, 9.17) is 15.6 Å². The lowest BCUT2D eigenvalue weighted by molar-refractivity contribution is -0.142. The fourth-order valence-corrected chi connectivity index (χ4v) is 2.01. The van der Waals surface area contributed by atoms with Crippen molar-refractivity contribution >= 4 is 17.6 Å². The van der Waals surface area contributed by atoms with E-state index in [2.05, 4.69) is 5.32 Å². The van der Waals surface area contributed by atoms with Gasteiger partial charge in [0.25, 0.3) is 5.91 Å². The third-order valence-electron chi connectivity index (χ3n) is 3.25. The number of carbonyl (C=O) groups is 2. The molecule has 1 amide bonds. The lowest BCUT2D eigenvalue weighted by Gasteiger charge is -2.16. The molecule has 4 N–H and O–H groups in total. The summed E-state index contributed by atoms with van der Waals surface area (Å²) in [6, 6.07) is 4.45. The van der Waals surface area contributed by atoms with Crippen LogP contribution in [0.3, 0.4) is 0 Å². The standard InChI is InChI=1S/C13H16N2O4/c1-7-4-8(2-3-10(7)14)12(16)15-11-6-19-5-9(11)13(17)18/h2-4,9,11H,5-6,14H2,1H3,(H,15,16)(H,17,18). The van der Waals surface area contributed by atoms with Gasteiger partial charge in [0.05, 0.1) is 19.3 Å². The number of carboxylic acid groups (broad SMARTS) is 1. The molecule has 0 aliphatic carbocycles. The first-order valence-electron chi connectivity index (χ1n) is 5.96. The molecule has 1 aliphatic rings. The molecule has 2 atom stereocenters. The molecule has 19 heavy (non-hydrogen) atoms. The van der Waals surface area contributed by atoms with Gasteiger partial charge in [0.2, 0.25) is 0 Å². The Kier molecular flexibility index (Phi) is 3.71. The smallest absolute Gasteiger partial charge is 0.311 e. The monoisotopic (exact) mass is 264 g/mol. The predicted molar refractivity (Wildman–Crippen MR) is 68.8 cm³/mol. The maximum absolute atomic E-state index is 12.0. The van der Waals surface area contributed by atoms with Crippen molar-refractivity contribution < 1.29 is 19.4 Å². The number of carboxylic acids is 1. The van der Waals surface area contributed by atoms with Crippen LogP contribution in [0.25, 0.3) is 0 Å². The summed E-state index contributed by atoms with van der Waals surface area (Å²) in [5.74, 6) is -1.97. The molecular formula is C13H16N2O4. The van der Waals surface area contributed by atoms with Gasteiger partial charge in [-0.2, -0.15) is 0 Å². The summed E-state index contributed by atoms with van der Waals surface area (Å²) in [6.07, 6.45) is 0. The van der Waals surface area contributed by atoms with E-state index < -0.39 is 17.9 Å². The number of hydrogen-bond donors (Lipinski definition) is 3. The summed E-state index contributed by atoms with van der Waals surface area (Å²) in [5.41, 5.74) is 7.57. The number of aliphatic carboxylic acids is 1. The quantitative estimate of drug-likeness (QED) is 0.686. The Labute approximate surface area is 110 Å². The highest BCUT2D eigenvalue weighted by atomic mass is 16.5. The van der Waals surface area contributed by atoms with Crippen LogP contribution < -0.4 is 11.1 Å². The van der Waals surface area contributed by atoms with Crippen LogP contribution in [0.2, 0.25) is 0 Å². The zero-order valence-corrected chi connectivity index (χ0v) is 10.6. The maximum Gasteiger partial charge on any atom is 0.311 e. The van der Waals surface area contributed by atoms with Gasteiger partial charge in [0, 0.05) is 11.3 Å². The summed E-state index contributed by atoms with van der Waals surface area (Å²) < 4.78 is 5.10. The van der Waals surface area contributed by atoms with Crippen molar-refractivity contribution in [1.82, 2.24) is 5.32 Å². The average Bonchev–Trinajstić information content (AvgIpc) is 2.80. The van der Waals surface area contributed by atoms with Crippen LogP contribution >= 0.6 is 0 Å². The minimum atomic E-state index is -0.962. The SMILES string of the molecule is Cc1cc(C(=O)NC2COCC2C(=O)O)ccc1N. The topological polar surface area (TPSA) is 102 Å². The maximum atomic E-state index is 12.0. The van der Waals surface area contributed by atoms with E-state index in [0.717, 1.165) is 5.56 Å². The van der Waals surface area contributed by atoms with Gasteiger partial charge in [-0.15, -0.1) is 0 Å². The molecule has 0 radical (unpaired) electrons. The summed E-state index contributed by atoms with van der Waals surface area (Å²) in [6.45, 7) is 2.16. The Morgan fingerprint density at radius 1 is 1.42 bits per heavy atom. The minimum absolute atomic E-state index is 0.126. The molecule has 6 nitrogen and oxygen atoms in total. The first kappa shape index (κ1) is 13.4. The van der Waals surface area contributed by atoms with Gasteiger partial charge in [-0.3, -0.25) is 9.59 Å². The number of amides is 1. The Morgan fingerprint density at radius 2 is 2.16 bits per heavy atom. The van der Waals surface area contributed by atoms with Crippen LogP contribution in [0.4, 0.5) is 5.69 Å². The number of nitrogen functional groups attached to an aromatic ring is 1. The van der Waals surface area contributed by atoms with Gasteiger partial charge in [-0.1, -0.05) is 0 Å². The highest BCUT2D eigenvalue weighted by Crippen LogP contribution is 2.16. The molecular weight excluding hydrogens is 248 g/mol. The van der Waals surface area contributed by atoms with Crippen LogP contribution in [0.15, 0.2) is 18.2 Å². The number of nitrogens with two attached hydrogens (primary N) is 1. The fraction of sp³-hybridized carbons (Fsp3) is 0.385. The molecule has 0 aromatic heterocycles. The normalized spacial score (nSPS) is 22.2.